The molecule has 2 heterocycles. The number of oxime groups is 1. The third-order valence-corrected chi connectivity index (χ3v) is 4.78. The number of carbonyl (C=O) groups is 1. The molecule has 1 fully saturated rings. The zero-order valence-corrected chi connectivity index (χ0v) is 14.9. The zero-order chi connectivity index (χ0) is 17.6. The topological polar surface area (TPSA) is 60.4 Å². The summed E-state index contributed by atoms with van der Waals surface area (Å²) in [6.07, 6.45) is 2.88. The van der Waals surface area contributed by atoms with Gasteiger partial charge in [0.2, 0.25) is 6.10 Å². The van der Waals surface area contributed by atoms with Crippen LogP contribution < -0.4 is 4.74 Å². The molecular formula is C19H26N2O4. The molecule has 136 valence electrons. The number of methoxy groups -OCH3 is 2. The van der Waals surface area contributed by atoms with E-state index in [4.69, 9.17) is 14.3 Å². The van der Waals surface area contributed by atoms with Gasteiger partial charge in [0.05, 0.1) is 19.4 Å². The van der Waals surface area contributed by atoms with Crippen molar-refractivity contribution >= 4 is 11.6 Å². The van der Waals surface area contributed by atoms with Crippen LogP contribution in [0.15, 0.2) is 29.4 Å². The van der Waals surface area contributed by atoms with Crippen LogP contribution in [0.25, 0.3) is 0 Å². The standard InChI is InChI=1S/C19H26N2O4/c1-23-13-15-6-4-8-21(12-15)19(22)18-11-16(20-25-18)9-14-5-3-7-17(10-14)24-2/h3,5,7,10,15,18H,4,6,8-9,11-13H2,1-2H3/t15-,18+/m0/s1. The first-order valence-corrected chi connectivity index (χ1v) is 8.82. The van der Waals surface area contributed by atoms with Crippen molar-refractivity contribution in [3.05, 3.63) is 29.8 Å². The second-order valence-corrected chi connectivity index (χ2v) is 6.73. The van der Waals surface area contributed by atoms with Gasteiger partial charge in [0.1, 0.15) is 5.75 Å². The minimum Gasteiger partial charge on any atom is -0.497 e. The van der Waals surface area contributed by atoms with Gasteiger partial charge in [-0.15, -0.1) is 0 Å². The number of ether oxygens (including phenoxy) is 2. The monoisotopic (exact) mass is 346 g/mol. The van der Waals surface area contributed by atoms with Gasteiger partial charge in [-0.3, -0.25) is 4.79 Å². The fourth-order valence-corrected chi connectivity index (χ4v) is 3.52. The summed E-state index contributed by atoms with van der Waals surface area (Å²) in [5.41, 5.74) is 2.00. The van der Waals surface area contributed by atoms with E-state index in [1.54, 1.807) is 14.2 Å². The highest BCUT2D eigenvalue weighted by Gasteiger charge is 2.34. The van der Waals surface area contributed by atoms with Crippen LogP contribution >= 0.6 is 0 Å². The Labute approximate surface area is 148 Å². The molecule has 0 radical (unpaired) electrons. The van der Waals surface area contributed by atoms with Crippen molar-refractivity contribution in [1.82, 2.24) is 4.90 Å². The van der Waals surface area contributed by atoms with Crippen LogP contribution in [-0.2, 0) is 20.8 Å². The fourth-order valence-electron chi connectivity index (χ4n) is 3.52. The van der Waals surface area contributed by atoms with Gasteiger partial charge in [-0.1, -0.05) is 17.3 Å². The number of hydrogen-bond acceptors (Lipinski definition) is 5. The van der Waals surface area contributed by atoms with Crippen LogP contribution in [0, 0.1) is 5.92 Å². The first-order chi connectivity index (χ1) is 12.2. The summed E-state index contributed by atoms with van der Waals surface area (Å²) in [5.74, 6) is 1.29. The summed E-state index contributed by atoms with van der Waals surface area (Å²) in [6.45, 7) is 2.24. The summed E-state index contributed by atoms with van der Waals surface area (Å²) in [7, 11) is 3.36. The molecule has 0 N–H and O–H groups in total. The van der Waals surface area contributed by atoms with E-state index in [0.29, 0.717) is 25.4 Å². The van der Waals surface area contributed by atoms with Crippen LogP contribution in [0.5, 0.6) is 5.75 Å². The predicted octanol–water partition coefficient (Wildman–Crippen LogP) is 2.27. The molecule has 1 amide bonds. The van der Waals surface area contributed by atoms with Crippen molar-refractivity contribution in [3.63, 3.8) is 0 Å². The largest absolute Gasteiger partial charge is 0.497 e. The van der Waals surface area contributed by atoms with Crippen LogP contribution in [-0.4, -0.2) is 56.5 Å². The lowest BCUT2D eigenvalue weighted by atomic mass is 9.97. The second kappa shape index (κ2) is 8.34. The van der Waals surface area contributed by atoms with E-state index in [1.165, 1.54) is 0 Å². The lowest BCUT2D eigenvalue weighted by molar-refractivity contribution is -0.144. The fraction of sp³-hybridized carbons (Fsp3) is 0.579. The summed E-state index contributed by atoms with van der Waals surface area (Å²) < 4.78 is 10.5. The van der Waals surface area contributed by atoms with Crippen molar-refractivity contribution in [2.45, 2.75) is 31.8 Å². The van der Waals surface area contributed by atoms with Gasteiger partial charge in [0.25, 0.3) is 5.91 Å². The zero-order valence-electron chi connectivity index (χ0n) is 14.9. The maximum Gasteiger partial charge on any atom is 0.266 e. The number of benzene rings is 1. The summed E-state index contributed by atoms with van der Waals surface area (Å²) in [6, 6.07) is 7.88. The Hall–Kier alpha value is -2.08. The van der Waals surface area contributed by atoms with Crippen molar-refractivity contribution in [3.8, 4) is 5.75 Å². The maximum atomic E-state index is 12.7. The Morgan fingerprint density at radius 1 is 1.40 bits per heavy atom. The molecule has 0 bridgehead atoms. The SMILES string of the molecule is COC[C@H]1CCCN(C(=O)[C@H]2CC(Cc3cccc(OC)c3)=NO2)C1. The van der Waals surface area contributed by atoms with E-state index < -0.39 is 6.10 Å². The number of rotatable bonds is 6. The van der Waals surface area contributed by atoms with Gasteiger partial charge < -0.3 is 19.2 Å². The second-order valence-electron chi connectivity index (χ2n) is 6.73. The molecule has 0 unspecified atom stereocenters. The van der Waals surface area contributed by atoms with Gasteiger partial charge >= 0.3 is 0 Å². The van der Waals surface area contributed by atoms with Crippen LogP contribution in [0.4, 0.5) is 0 Å². The van der Waals surface area contributed by atoms with Gasteiger partial charge in [-0.05, 0) is 36.5 Å². The number of piperidine rings is 1. The van der Waals surface area contributed by atoms with Crippen LogP contribution in [0.2, 0.25) is 0 Å². The Balaban J connectivity index is 1.53. The van der Waals surface area contributed by atoms with Crippen molar-refractivity contribution in [1.29, 1.82) is 0 Å². The first-order valence-electron chi connectivity index (χ1n) is 8.82. The molecule has 25 heavy (non-hydrogen) atoms. The third-order valence-electron chi connectivity index (χ3n) is 4.78. The van der Waals surface area contributed by atoms with Crippen molar-refractivity contribution in [2.24, 2.45) is 11.1 Å². The van der Waals surface area contributed by atoms with Gasteiger partial charge in [-0.25, -0.2) is 0 Å². The summed E-state index contributed by atoms with van der Waals surface area (Å²) in [4.78, 5) is 20.1. The molecular weight excluding hydrogens is 320 g/mol. The minimum atomic E-state index is -0.484. The molecule has 0 aromatic heterocycles. The first kappa shape index (κ1) is 17.7. The van der Waals surface area contributed by atoms with E-state index in [-0.39, 0.29) is 5.91 Å². The normalized spacial score (nSPS) is 23.1. The number of nitrogens with zero attached hydrogens (tertiary/aromatic N) is 2. The van der Waals surface area contributed by atoms with E-state index in [1.807, 2.05) is 29.2 Å². The molecule has 2 aliphatic heterocycles. The van der Waals surface area contributed by atoms with E-state index in [2.05, 4.69) is 5.16 Å². The predicted molar refractivity (Wildman–Crippen MR) is 94.8 cm³/mol. The Bertz CT molecular complexity index is 630. The lowest BCUT2D eigenvalue weighted by Gasteiger charge is -2.33. The molecule has 2 aliphatic rings. The molecule has 1 aromatic carbocycles. The minimum absolute atomic E-state index is 0.0465. The molecule has 1 saturated heterocycles. The molecule has 2 atom stereocenters. The van der Waals surface area contributed by atoms with Crippen molar-refractivity contribution in [2.75, 3.05) is 33.9 Å². The van der Waals surface area contributed by atoms with E-state index in [9.17, 15) is 4.79 Å². The number of carbonyl (C=O) groups excluding carboxylic acids is 1. The molecule has 0 spiro atoms. The average Bonchev–Trinajstić information content (AvgIpc) is 3.10. The van der Waals surface area contributed by atoms with Crippen LogP contribution in [0.3, 0.4) is 0 Å². The molecule has 0 saturated carbocycles. The van der Waals surface area contributed by atoms with Gasteiger partial charge in [0, 0.05) is 33.0 Å². The number of amides is 1. The molecule has 3 rings (SSSR count). The Morgan fingerprint density at radius 2 is 2.28 bits per heavy atom. The van der Waals surface area contributed by atoms with Gasteiger partial charge in [0.15, 0.2) is 0 Å². The molecule has 0 aliphatic carbocycles. The van der Waals surface area contributed by atoms with E-state index >= 15 is 0 Å². The molecule has 6 nitrogen and oxygen atoms in total. The average molecular weight is 346 g/mol. The maximum absolute atomic E-state index is 12.7. The van der Waals surface area contributed by atoms with Crippen molar-refractivity contribution < 1.29 is 19.1 Å². The smallest absolute Gasteiger partial charge is 0.266 e. The quantitative estimate of drug-likeness (QED) is 0.793. The number of hydrogen-bond donors (Lipinski definition) is 0. The lowest BCUT2D eigenvalue weighted by Crippen LogP contribution is -2.45. The van der Waals surface area contributed by atoms with Crippen LogP contribution in [0.1, 0.15) is 24.8 Å². The van der Waals surface area contributed by atoms with Gasteiger partial charge in [-0.2, -0.15) is 0 Å². The summed E-state index contributed by atoms with van der Waals surface area (Å²) >= 11 is 0. The third kappa shape index (κ3) is 4.51. The number of likely N-dealkylation sites (tertiary alicyclic amines) is 1. The highest BCUT2D eigenvalue weighted by molar-refractivity contribution is 5.94. The molecule has 1 aromatic rings. The summed E-state index contributed by atoms with van der Waals surface area (Å²) in [5, 5.41) is 4.14. The Kier molecular flexibility index (Phi) is 5.91. The highest BCUT2D eigenvalue weighted by Crippen LogP contribution is 2.22. The molecule has 6 heteroatoms. The highest BCUT2D eigenvalue weighted by atomic mass is 16.6. The Morgan fingerprint density at radius 3 is 3.08 bits per heavy atom. The van der Waals surface area contributed by atoms with E-state index in [0.717, 1.165) is 43.0 Å².